The van der Waals surface area contributed by atoms with Gasteiger partial charge in [0.25, 0.3) is 0 Å². The van der Waals surface area contributed by atoms with E-state index in [1.165, 1.54) is 0 Å². The zero-order chi connectivity index (χ0) is 22.6. The SMILES string of the molecule is Cc1ccccc1OCc1nnc(SCc2cn3ccccc3c2C#N)n1-c1ccccc1. The van der Waals surface area contributed by atoms with Crippen LogP contribution in [0.3, 0.4) is 0 Å². The van der Waals surface area contributed by atoms with Crippen LogP contribution < -0.4 is 4.74 Å². The van der Waals surface area contributed by atoms with Crippen molar-refractivity contribution in [1.82, 2.24) is 19.2 Å². The molecule has 0 saturated heterocycles. The fourth-order valence-corrected chi connectivity index (χ4v) is 4.68. The van der Waals surface area contributed by atoms with Crippen LogP contribution in [-0.2, 0) is 12.4 Å². The first-order valence-electron chi connectivity index (χ1n) is 10.5. The van der Waals surface area contributed by atoms with Gasteiger partial charge in [-0.15, -0.1) is 10.2 Å². The Bertz CT molecular complexity index is 1450. The minimum Gasteiger partial charge on any atom is -0.485 e. The molecule has 0 amide bonds. The average molecular weight is 452 g/mol. The number of ether oxygens (including phenoxy) is 1. The molecule has 6 nitrogen and oxygen atoms in total. The molecular weight excluding hydrogens is 430 g/mol. The lowest BCUT2D eigenvalue weighted by molar-refractivity contribution is 0.291. The van der Waals surface area contributed by atoms with E-state index in [1.807, 2.05) is 101 Å². The molecule has 5 aromatic rings. The van der Waals surface area contributed by atoms with Crippen molar-refractivity contribution < 1.29 is 4.74 Å². The van der Waals surface area contributed by atoms with Gasteiger partial charge in [-0.2, -0.15) is 5.26 Å². The monoisotopic (exact) mass is 451 g/mol. The number of hydrogen-bond acceptors (Lipinski definition) is 5. The molecule has 7 heteroatoms. The number of nitriles is 1. The Hall–Kier alpha value is -4.02. The fourth-order valence-electron chi connectivity index (χ4n) is 3.74. The summed E-state index contributed by atoms with van der Waals surface area (Å²) in [6.07, 6.45) is 3.96. The van der Waals surface area contributed by atoms with Crippen LogP contribution in [0.5, 0.6) is 5.75 Å². The highest BCUT2D eigenvalue weighted by molar-refractivity contribution is 7.98. The van der Waals surface area contributed by atoms with Gasteiger partial charge in [0.05, 0.1) is 11.1 Å². The first-order chi connectivity index (χ1) is 16.2. The van der Waals surface area contributed by atoms with Gasteiger partial charge in [-0.25, -0.2) is 0 Å². The molecule has 2 aromatic carbocycles. The summed E-state index contributed by atoms with van der Waals surface area (Å²) < 4.78 is 10.1. The second-order valence-electron chi connectivity index (χ2n) is 7.55. The van der Waals surface area contributed by atoms with Crippen molar-refractivity contribution in [3.63, 3.8) is 0 Å². The van der Waals surface area contributed by atoms with Crippen LogP contribution in [0.15, 0.2) is 90.3 Å². The van der Waals surface area contributed by atoms with Crippen LogP contribution in [-0.4, -0.2) is 19.2 Å². The van der Waals surface area contributed by atoms with Crippen molar-refractivity contribution in [1.29, 1.82) is 5.26 Å². The van der Waals surface area contributed by atoms with E-state index in [0.29, 0.717) is 17.9 Å². The van der Waals surface area contributed by atoms with Crippen molar-refractivity contribution in [3.8, 4) is 17.5 Å². The molecule has 0 atom stereocenters. The van der Waals surface area contributed by atoms with E-state index in [0.717, 1.165) is 39.1 Å². The Labute approximate surface area is 196 Å². The number of hydrogen-bond donors (Lipinski definition) is 0. The number of aromatic nitrogens is 4. The molecule has 0 aliphatic carbocycles. The van der Waals surface area contributed by atoms with Gasteiger partial charge in [0.2, 0.25) is 0 Å². The van der Waals surface area contributed by atoms with E-state index >= 15 is 0 Å². The first kappa shape index (κ1) is 20.9. The molecule has 3 aromatic heterocycles. The maximum absolute atomic E-state index is 9.72. The van der Waals surface area contributed by atoms with E-state index in [2.05, 4.69) is 16.3 Å². The molecule has 0 unspecified atom stereocenters. The van der Waals surface area contributed by atoms with E-state index in [4.69, 9.17) is 4.74 Å². The second-order valence-corrected chi connectivity index (χ2v) is 8.49. The standard InChI is InChI=1S/C26H21N5OS/c1-19-9-5-6-13-24(19)32-17-25-28-29-26(31(25)21-10-3-2-4-11-21)33-18-20-16-30-14-8-7-12-23(30)22(20)15-27/h2-14,16H,17-18H2,1H3. The number of rotatable bonds is 7. The summed E-state index contributed by atoms with van der Waals surface area (Å²) in [5.41, 5.74) is 4.61. The summed E-state index contributed by atoms with van der Waals surface area (Å²) in [5, 5.41) is 19.4. The minimum absolute atomic E-state index is 0.298. The van der Waals surface area contributed by atoms with Crippen LogP contribution in [0.1, 0.15) is 22.5 Å². The van der Waals surface area contributed by atoms with Crippen LogP contribution in [0, 0.1) is 18.3 Å². The summed E-state index contributed by atoms with van der Waals surface area (Å²) in [6.45, 7) is 2.32. The zero-order valence-corrected chi connectivity index (χ0v) is 18.9. The van der Waals surface area contributed by atoms with Crippen molar-refractivity contribution in [2.45, 2.75) is 24.4 Å². The Morgan fingerprint density at radius 1 is 0.970 bits per heavy atom. The molecule has 162 valence electrons. The lowest BCUT2D eigenvalue weighted by atomic mass is 10.2. The number of aryl methyl sites for hydroxylation is 1. The molecule has 5 rings (SSSR count). The maximum atomic E-state index is 9.72. The van der Waals surface area contributed by atoms with Gasteiger partial charge in [0, 0.05) is 23.8 Å². The van der Waals surface area contributed by atoms with Crippen molar-refractivity contribution >= 4 is 17.3 Å². The number of nitrogens with zero attached hydrogens (tertiary/aromatic N) is 5. The Morgan fingerprint density at radius 2 is 1.76 bits per heavy atom. The van der Waals surface area contributed by atoms with Gasteiger partial charge in [-0.05, 0) is 48.4 Å². The molecule has 0 N–H and O–H groups in total. The molecule has 0 saturated carbocycles. The molecular formula is C26H21N5OS. The lowest BCUT2D eigenvalue weighted by Crippen LogP contribution is -2.07. The number of para-hydroxylation sites is 2. The lowest BCUT2D eigenvalue weighted by Gasteiger charge is -2.12. The van der Waals surface area contributed by atoms with Gasteiger partial charge < -0.3 is 9.14 Å². The molecule has 0 aliphatic heterocycles. The largest absolute Gasteiger partial charge is 0.485 e. The van der Waals surface area contributed by atoms with Crippen molar-refractivity contribution in [3.05, 3.63) is 108 Å². The molecule has 33 heavy (non-hydrogen) atoms. The fraction of sp³-hybridized carbons (Fsp3) is 0.115. The third-order valence-corrected chi connectivity index (χ3v) is 6.37. The van der Waals surface area contributed by atoms with Crippen LogP contribution in [0.2, 0.25) is 0 Å². The summed E-state index contributed by atoms with van der Waals surface area (Å²) in [5.74, 6) is 2.15. The smallest absolute Gasteiger partial charge is 0.196 e. The van der Waals surface area contributed by atoms with Crippen LogP contribution >= 0.6 is 11.8 Å². The van der Waals surface area contributed by atoms with E-state index < -0.39 is 0 Å². The number of thioether (sulfide) groups is 1. The summed E-state index contributed by atoms with van der Waals surface area (Å²) in [4.78, 5) is 0. The topological polar surface area (TPSA) is 68.1 Å². The summed E-state index contributed by atoms with van der Waals surface area (Å²) >= 11 is 1.55. The highest BCUT2D eigenvalue weighted by Gasteiger charge is 2.17. The van der Waals surface area contributed by atoms with E-state index in [9.17, 15) is 5.26 Å². The molecule has 0 radical (unpaired) electrons. The van der Waals surface area contributed by atoms with Crippen LogP contribution in [0.4, 0.5) is 0 Å². The zero-order valence-electron chi connectivity index (χ0n) is 18.0. The van der Waals surface area contributed by atoms with Crippen molar-refractivity contribution in [2.24, 2.45) is 0 Å². The molecule has 0 fully saturated rings. The quantitative estimate of drug-likeness (QED) is 0.303. The average Bonchev–Trinajstić information content (AvgIpc) is 3.43. The number of fused-ring (bicyclic) bond motifs is 1. The highest BCUT2D eigenvalue weighted by atomic mass is 32.2. The third-order valence-electron chi connectivity index (χ3n) is 5.40. The Balaban J connectivity index is 1.44. The number of benzene rings is 2. The van der Waals surface area contributed by atoms with Gasteiger partial charge in [-0.3, -0.25) is 4.57 Å². The Morgan fingerprint density at radius 3 is 2.58 bits per heavy atom. The summed E-state index contributed by atoms with van der Waals surface area (Å²) in [6, 6.07) is 26.1. The van der Waals surface area contributed by atoms with Gasteiger partial charge in [0.1, 0.15) is 18.4 Å². The normalized spacial score (nSPS) is 10.9. The molecule has 3 heterocycles. The maximum Gasteiger partial charge on any atom is 0.196 e. The summed E-state index contributed by atoms with van der Waals surface area (Å²) in [7, 11) is 0. The first-order valence-corrected chi connectivity index (χ1v) is 11.5. The van der Waals surface area contributed by atoms with Gasteiger partial charge in [-0.1, -0.05) is 54.2 Å². The van der Waals surface area contributed by atoms with Crippen molar-refractivity contribution in [2.75, 3.05) is 0 Å². The van der Waals surface area contributed by atoms with Gasteiger partial charge >= 0.3 is 0 Å². The molecule has 0 aliphatic rings. The molecule has 0 spiro atoms. The van der Waals surface area contributed by atoms with E-state index in [1.54, 1.807) is 11.8 Å². The predicted molar refractivity (Wildman–Crippen MR) is 129 cm³/mol. The van der Waals surface area contributed by atoms with E-state index in [-0.39, 0.29) is 0 Å². The van der Waals surface area contributed by atoms with Gasteiger partial charge in [0.15, 0.2) is 11.0 Å². The third kappa shape index (κ3) is 4.21. The van der Waals surface area contributed by atoms with Crippen LogP contribution in [0.25, 0.3) is 11.2 Å². The number of pyridine rings is 1. The highest BCUT2D eigenvalue weighted by Crippen LogP contribution is 2.29. The molecule has 0 bridgehead atoms. The second kappa shape index (κ2) is 9.23. The predicted octanol–water partition coefficient (Wildman–Crippen LogP) is 5.57. The Kier molecular flexibility index (Phi) is 5.83. The minimum atomic E-state index is 0.298.